The SMILES string of the molecule is CCCOc1ccc(/C=N/NC(=O)CN(c2ccc(OCC)cc2)S(=O)(=O)c2ccc(SC)cc2)cc1OCC. The van der Waals surface area contributed by atoms with E-state index in [2.05, 4.69) is 10.5 Å². The molecule has 0 aromatic heterocycles. The molecule has 0 atom stereocenters. The number of carbonyl (C=O) groups is 1. The summed E-state index contributed by atoms with van der Waals surface area (Å²) in [6, 6.07) is 18.4. The number of anilines is 1. The van der Waals surface area contributed by atoms with Crippen LogP contribution in [0.1, 0.15) is 32.8 Å². The number of hydrogen-bond donors (Lipinski definition) is 1. The number of hydrazone groups is 1. The molecule has 0 saturated carbocycles. The van der Waals surface area contributed by atoms with Crippen LogP contribution in [0.25, 0.3) is 0 Å². The van der Waals surface area contributed by atoms with Crippen LogP contribution < -0.4 is 23.9 Å². The molecule has 214 valence electrons. The second-order valence-electron chi connectivity index (χ2n) is 8.39. The van der Waals surface area contributed by atoms with Crippen molar-refractivity contribution in [1.29, 1.82) is 0 Å². The molecule has 1 N–H and O–H groups in total. The number of nitrogens with zero attached hydrogens (tertiary/aromatic N) is 2. The molecule has 40 heavy (non-hydrogen) atoms. The molecular weight excluding hydrogens is 550 g/mol. The molecule has 0 aliphatic rings. The van der Waals surface area contributed by atoms with E-state index in [9.17, 15) is 13.2 Å². The largest absolute Gasteiger partial charge is 0.494 e. The molecular formula is C29H35N3O6S2. The molecule has 0 radical (unpaired) electrons. The van der Waals surface area contributed by atoms with E-state index < -0.39 is 22.5 Å². The average molecular weight is 586 g/mol. The van der Waals surface area contributed by atoms with Gasteiger partial charge >= 0.3 is 0 Å². The minimum Gasteiger partial charge on any atom is -0.494 e. The van der Waals surface area contributed by atoms with Crippen molar-refractivity contribution < 1.29 is 27.4 Å². The Morgan fingerprint density at radius 1 is 0.925 bits per heavy atom. The van der Waals surface area contributed by atoms with Crippen LogP contribution in [0.15, 0.2) is 81.6 Å². The van der Waals surface area contributed by atoms with Gasteiger partial charge in [-0.25, -0.2) is 13.8 Å². The van der Waals surface area contributed by atoms with Gasteiger partial charge < -0.3 is 14.2 Å². The molecule has 3 aromatic carbocycles. The van der Waals surface area contributed by atoms with Gasteiger partial charge in [-0.1, -0.05) is 6.92 Å². The smallest absolute Gasteiger partial charge is 0.264 e. The molecule has 9 nitrogen and oxygen atoms in total. The van der Waals surface area contributed by atoms with Crippen LogP contribution in [0.3, 0.4) is 0 Å². The van der Waals surface area contributed by atoms with Crippen LogP contribution in [0.2, 0.25) is 0 Å². The minimum absolute atomic E-state index is 0.0734. The molecule has 1 amide bonds. The van der Waals surface area contributed by atoms with Crippen molar-refractivity contribution in [1.82, 2.24) is 5.43 Å². The summed E-state index contributed by atoms with van der Waals surface area (Å²) < 4.78 is 45.2. The monoisotopic (exact) mass is 585 g/mol. The first-order valence-electron chi connectivity index (χ1n) is 12.9. The van der Waals surface area contributed by atoms with Crippen molar-refractivity contribution in [3.8, 4) is 17.2 Å². The topological polar surface area (TPSA) is 107 Å². The number of nitrogens with one attached hydrogen (secondary N) is 1. The lowest BCUT2D eigenvalue weighted by Crippen LogP contribution is -2.39. The van der Waals surface area contributed by atoms with Crippen LogP contribution in [0.4, 0.5) is 5.69 Å². The van der Waals surface area contributed by atoms with Crippen molar-refractivity contribution >= 4 is 39.6 Å². The van der Waals surface area contributed by atoms with Gasteiger partial charge in [-0.3, -0.25) is 9.10 Å². The molecule has 0 heterocycles. The van der Waals surface area contributed by atoms with E-state index in [0.717, 1.165) is 15.6 Å². The van der Waals surface area contributed by atoms with E-state index in [1.807, 2.05) is 27.0 Å². The number of rotatable bonds is 15. The van der Waals surface area contributed by atoms with E-state index in [1.165, 1.54) is 30.1 Å². The number of amides is 1. The van der Waals surface area contributed by atoms with Gasteiger partial charge in [0, 0.05) is 4.90 Å². The van der Waals surface area contributed by atoms with E-state index in [0.29, 0.717) is 48.3 Å². The zero-order chi connectivity index (χ0) is 29.0. The molecule has 0 aliphatic carbocycles. The second kappa shape index (κ2) is 15.2. The van der Waals surface area contributed by atoms with Crippen molar-refractivity contribution in [2.75, 3.05) is 36.9 Å². The number of benzene rings is 3. The van der Waals surface area contributed by atoms with Crippen molar-refractivity contribution in [3.05, 3.63) is 72.3 Å². The summed E-state index contributed by atoms with van der Waals surface area (Å²) in [5.41, 5.74) is 3.43. The molecule has 11 heteroatoms. The number of ether oxygens (including phenoxy) is 3. The molecule has 0 bridgehead atoms. The first kappa shape index (κ1) is 30.8. The summed E-state index contributed by atoms with van der Waals surface area (Å²) in [6.07, 6.45) is 4.24. The second-order valence-corrected chi connectivity index (χ2v) is 11.1. The number of carbonyl (C=O) groups excluding carboxylic acids is 1. The predicted octanol–water partition coefficient (Wildman–Crippen LogP) is 5.34. The fourth-order valence-corrected chi connectivity index (χ4v) is 5.44. The molecule has 0 fully saturated rings. The summed E-state index contributed by atoms with van der Waals surface area (Å²) in [6.45, 7) is 6.80. The molecule has 3 rings (SSSR count). The van der Waals surface area contributed by atoms with Gasteiger partial charge in [0.1, 0.15) is 12.3 Å². The fourth-order valence-electron chi connectivity index (χ4n) is 3.61. The van der Waals surface area contributed by atoms with Crippen LogP contribution in [-0.4, -0.2) is 53.2 Å². The van der Waals surface area contributed by atoms with Crippen molar-refractivity contribution in [2.24, 2.45) is 5.10 Å². The predicted molar refractivity (Wildman–Crippen MR) is 159 cm³/mol. The highest BCUT2D eigenvalue weighted by Crippen LogP contribution is 2.29. The molecule has 0 spiro atoms. The number of thioether (sulfide) groups is 1. The third-order valence-corrected chi connectivity index (χ3v) is 8.03. The summed E-state index contributed by atoms with van der Waals surface area (Å²) in [4.78, 5) is 13.9. The van der Waals surface area contributed by atoms with Crippen LogP contribution >= 0.6 is 11.8 Å². The minimum atomic E-state index is -4.06. The Balaban J connectivity index is 1.80. The van der Waals surface area contributed by atoms with Crippen molar-refractivity contribution in [2.45, 2.75) is 37.0 Å². The average Bonchev–Trinajstić information content (AvgIpc) is 2.96. The summed E-state index contributed by atoms with van der Waals surface area (Å²) >= 11 is 1.51. The van der Waals surface area contributed by atoms with Crippen molar-refractivity contribution in [3.63, 3.8) is 0 Å². The summed E-state index contributed by atoms with van der Waals surface area (Å²) in [7, 11) is -4.06. The lowest BCUT2D eigenvalue weighted by atomic mass is 10.2. The van der Waals surface area contributed by atoms with Gasteiger partial charge in [0.2, 0.25) is 0 Å². The van der Waals surface area contributed by atoms with Gasteiger partial charge in [-0.05, 0) is 98.8 Å². The van der Waals surface area contributed by atoms with Crippen LogP contribution in [0, 0.1) is 0 Å². The standard InChI is InChI=1S/C29H35N3O6S2/c1-5-18-38-27-17-8-22(19-28(27)37-7-3)20-30-31-29(33)21-32(23-9-11-24(12-10-23)36-6-2)40(34,35)26-15-13-25(39-4)14-16-26/h8-17,19-20H,5-7,18,21H2,1-4H3,(H,31,33)/b30-20+. The van der Waals surface area contributed by atoms with Gasteiger partial charge in [-0.15, -0.1) is 11.8 Å². The first-order chi connectivity index (χ1) is 19.3. The highest BCUT2D eigenvalue weighted by molar-refractivity contribution is 7.98. The highest BCUT2D eigenvalue weighted by Gasteiger charge is 2.27. The maximum atomic E-state index is 13.6. The molecule has 0 aliphatic heterocycles. The zero-order valence-electron chi connectivity index (χ0n) is 23.1. The maximum absolute atomic E-state index is 13.6. The Kier molecular flexibility index (Phi) is 11.7. The fraction of sp³-hybridized carbons (Fsp3) is 0.310. The highest BCUT2D eigenvalue weighted by atomic mass is 32.2. The Labute approximate surface area is 240 Å². The molecule has 0 unspecified atom stereocenters. The van der Waals surface area contributed by atoms with Crippen LogP contribution in [0.5, 0.6) is 17.2 Å². The van der Waals surface area contributed by atoms with Gasteiger partial charge in [-0.2, -0.15) is 5.10 Å². The van der Waals surface area contributed by atoms with E-state index in [4.69, 9.17) is 14.2 Å². The lowest BCUT2D eigenvalue weighted by Gasteiger charge is -2.24. The summed E-state index contributed by atoms with van der Waals surface area (Å²) in [5.74, 6) is 1.19. The third-order valence-electron chi connectivity index (χ3n) is 5.50. The van der Waals surface area contributed by atoms with E-state index in [-0.39, 0.29) is 4.90 Å². The normalized spacial score (nSPS) is 11.3. The Morgan fingerprint density at radius 2 is 1.62 bits per heavy atom. The van der Waals surface area contributed by atoms with E-state index in [1.54, 1.807) is 54.6 Å². The Morgan fingerprint density at radius 3 is 2.25 bits per heavy atom. The van der Waals surface area contributed by atoms with Gasteiger partial charge in [0.15, 0.2) is 11.5 Å². The lowest BCUT2D eigenvalue weighted by molar-refractivity contribution is -0.119. The zero-order valence-corrected chi connectivity index (χ0v) is 24.8. The first-order valence-corrected chi connectivity index (χ1v) is 15.6. The van der Waals surface area contributed by atoms with Gasteiger partial charge in [0.25, 0.3) is 15.9 Å². The molecule has 0 saturated heterocycles. The Hall–Kier alpha value is -3.70. The van der Waals surface area contributed by atoms with Crippen LogP contribution in [-0.2, 0) is 14.8 Å². The summed E-state index contributed by atoms with van der Waals surface area (Å²) in [5, 5.41) is 4.03. The third kappa shape index (κ3) is 8.40. The number of hydrogen-bond acceptors (Lipinski definition) is 8. The Bertz CT molecular complexity index is 1380. The molecule has 3 aromatic rings. The quantitative estimate of drug-likeness (QED) is 0.146. The number of sulfonamides is 1. The maximum Gasteiger partial charge on any atom is 0.264 e. The van der Waals surface area contributed by atoms with Gasteiger partial charge in [0.05, 0.1) is 36.6 Å². The van der Waals surface area contributed by atoms with E-state index >= 15 is 0 Å².